The number of hydrogen-bond donors (Lipinski definition) is 1. The first-order chi connectivity index (χ1) is 8.70. The van der Waals surface area contributed by atoms with Crippen LogP contribution >= 0.6 is 11.8 Å². The third kappa shape index (κ3) is 2.96. The highest BCUT2D eigenvalue weighted by atomic mass is 32.2. The number of benzene rings is 2. The summed E-state index contributed by atoms with van der Waals surface area (Å²) in [5, 5.41) is 0. The van der Waals surface area contributed by atoms with Crippen molar-refractivity contribution in [1.82, 2.24) is 0 Å². The van der Waals surface area contributed by atoms with Gasteiger partial charge in [-0.1, -0.05) is 18.2 Å². The lowest BCUT2D eigenvalue weighted by Gasteiger charge is -2.07. The van der Waals surface area contributed by atoms with Gasteiger partial charge >= 0.3 is 0 Å². The zero-order chi connectivity index (χ0) is 13.0. The maximum Gasteiger partial charge on any atom is 0.165 e. The van der Waals surface area contributed by atoms with Gasteiger partial charge in [-0.2, -0.15) is 0 Å². The second-order valence-electron chi connectivity index (χ2n) is 3.80. The number of para-hydroxylation sites is 1. The molecule has 0 saturated heterocycles. The van der Waals surface area contributed by atoms with E-state index in [2.05, 4.69) is 0 Å². The molecule has 0 fully saturated rings. The average molecular weight is 263 g/mol. The maximum atomic E-state index is 13.5. The molecule has 0 spiro atoms. The largest absolute Gasteiger partial charge is 0.494 e. The van der Waals surface area contributed by atoms with Crippen molar-refractivity contribution in [3.63, 3.8) is 0 Å². The topological polar surface area (TPSA) is 35.2 Å². The second kappa shape index (κ2) is 5.78. The van der Waals surface area contributed by atoms with E-state index in [1.54, 1.807) is 17.8 Å². The molecule has 0 radical (unpaired) electrons. The third-order valence-electron chi connectivity index (χ3n) is 2.53. The Kier molecular flexibility index (Phi) is 4.10. The van der Waals surface area contributed by atoms with E-state index < -0.39 is 0 Å². The van der Waals surface area contributed by atoms with E-state index in [4.69, 9.17) is 10.5 Å². The molecule has 0 bridgehead atoms. The van der Waals surface area contributed by atoms with Crippen LogP contribution < -0.4 is 10.5 Å². The van der Waals surface area contributed by atoms with Crippen LogP contribution in [0.15, 0.2) is 47.4 Å². The number of hydrogen-bond acceptors (Lipinski definition) is 3. The molecule has 2 nitrogen and oxygen atoms in total. The van der Waals surface area contributed by atoms with Crippen LogP contribution in [0.4, 0.5) is 10.1 Å². The normalized spacial score (nSPS) is 10.3. The fourth-order valence-electron chi connectivity index (χ4n) is 1.57. The summed E-state index contributed by atoms with van der Waals surface area (Å²) in [6.07, 6.45) is 0. The van der Waals surface area contributed by atoms with Crippen LogP contribution in [0.2, 0.25) is 0 Å². The SMILES string of the molecule is COc1ccc(CSc2ccccc2N)cc1F. The molecule has 94 valence electrons. The fraction of sp³-hybridized carbons (Fsp3) is 0.143. The van der Waals surface area contributed by atoms with Gasteiger partial charge in [0.25, 0.3) is 0 Å². The smallest absolute Gasteiger partial charge is 0.165 e. The molecular weight excluding hydrogens is 249 g/mol. The van der Waals surface area contributed by atoms with E-state index in [9.17, 15) is 4.39 Å². The summed E-state index contributed by atoms with van der Waals surface area (Å²) in [6.45, 7) is 0. The summed E-state index contributed by atoms with van der Waals surface area (Å²) in [6, 6.07) is 12.6. The quantitative estimate of drug-likeness (QED) is 0.674. The van der Waals surface area contributed by atoms with Gasteiger partial charge in [0.2, 0.25) is 0 Å². The van der Waals surface area contributed by atoms with Crippen molar-refractivity contribution in [2.45, 2.75) is 10.6 Å². The molecule has 0 aromatic heterocycles. The zero-order valence-corrected chi connectivity index (χ0v) is 10.8. The van der Waals surface area contributed by atoms with Crippen LogP contribution in [0.1, 0.15) is 5.56 Å². The van der Waals surface area contributed by atoms with Gasteiger partial charge in [-0.3, -0.25) is 0 Å². The second-order valence-corrected chi connectivity index (χ2v) is 4.81. The molecule has 0 saturated carbocycles. The number of nitrogen functional groups attached to an aromatic ring is 1. The first-order valence-electron chi connectivity index (χ1n) is 5.50. The van der Waals surface area contributed by atoms with E-state index in [0.717, 1.165) is 16.1 Å². The van der Waals surface area contributed by atoms with Crippen molar-refractivity contribution in [1.29, 1.82) is 0 Å². The molecule has 18 heavy (non-hydrogen) atoms. The lowest BCUT2D eigenvalue weighted by Crippen LogP contribution is -1.91. The average Bonchev–Trinajstić information content (AvgIpc) is 2.38. The predicted molar refractivity (Wildman–Crippen MR) is 73.4 cm³/mol. The predicted octanol–water partition coefficient (Wildman–Crippen LogP) is 3.71. The van der Waals surface area contributed by atoms with Crippen LogP contribution in [0, 0.1) is 5.82 Å². The number of halogens is 1. The highest BCUT2D eigenvalue weighted by molar-refractivity contribution is 7.98. The van der Waals surface area contributed by atoms with Gasteiger partial charge in [0.1, 0.15) is 0 Å². The first-order valence-corrected chi connectivity index (χ1v) is 6.49. The Balaban J connectivity index is 2.07. The van der Waals surface area contributed by atoms with Crippen LogP contribution in [-0.2, 0) is 5.75 Å². The molecule has 2 aromatic carbocycles. The van der Waals surface area contributed by atoms with Crippen LogP contribution in [0.3, 0.4) is 0 Å². The molecule has 2 aromatic rings. The van der Waals surface area contributed by atoms with Gasteiger partial charge in [-0.15, -0.1) is 11.8 Å². The van der Waals surface area contributed by atoms with Crippen molar-refractivity contribution in [2.75, 3.05) is 12.8 Å². The number of ether oxygens (including phenoxy) is 1. The molecule has 0 heterocycles. The molecule has 2 rings (SSSR count). The zero-order valence-electron chi connectivity index (χ0n) is 10.0. The Morgan fingerprint density at radius 1 is 1.22 bits per heavy atom. The van der Waals surface area contributed by atoms with Gasteiger partial charge in [0, 0.05) is 16.3 Å². The Morgan fingerprint density at radius 2 is 2.00 bits per heavy atom. The maximum absolute atomic E-state index is 13.5. The Morgan fingerprint density at radius 3 is 2.67 bits per heavy atom. The van der Waals surface area contributed by atoms with Crippen molar-refractivity contribution in [3.05, 3.63) is 53.8 Å². The van der Waals surface area contributed by atoms with E-state index in [1.165, 1.54) is 13.2 Å². The van der Waals surface area contributed by atoms with Crippen molar-refractivity contribution < 1.29 is 9.13 Å². The summed E-state index contributed by atoms with van der Waals surface area (Å²) in [5.41, 5.74) is 7.50. The number of rotatable bonds is 4. The number of anilines is 1. The third-order valence-corrected chi connectivity index (χ3v) is 3.69. The molecule has 2 N–H and O–H groups in total. The molecular formula is C14H14FNOS. The fourth-order valence-corrected chi connectivity index (χ4v) is 2.48. The minimum Gasteiger partial charge on any atom is -0.494 e. The van der Waals surface area contributed by atoms with Crippen LogP contribution in [0.25, 0.3) is 0 Å². The Hall–Kier alpha value is -1.68. The van der Waals surface area contributed by atoms with Crippen molar-refractivity contribution in [2.24, 2.45) is 0 Å². The summed E-state index contributed by atoms with van der Waals surface area (Å²) in [7, 11) is 1.46. The summed E-state index contributed by atoms with van der Waals surface area (Å²) < 4.78 is 18.4. The van der Waals surface area contributed by atoms with Crippen LogP contribution in [-0.4, -0.2) is 7.11 Å². The summed E-state index contributed by atoms with van der Waals surface area (Å²) in [5.74, 6) is 0.606. The minimum absolute atomic E-state index is 0.267. The minimum atomic E-state index is -0.336. The van der Waals surface area contributed by atoms with Crippen molar-refractivity contribution >= 4 is 17.4 Å². The number of methoxy groups -OCH3 is 1. The Labute approximate surface area is 110 Å². The standard InChI is InChI=1S/C14H14FNOS/c1-17-13-7-6-10(8-11(13)15)9-18-14-5-3-2-4-12(14)16/h2-8H,9,16H2,1H3. The molecule has 0 atom stereocenters. The molecule has 0 amide bonds. The Bertz CT molecular complexity index is 545. The van der Waals surface area contributed by atoms with Gasteiger partial charge in [-0.05, 0) is 29.8 Å². The van der Waals surface area contributed by atoms with Crippen LogP contribution in [0.5, 0.6) is 5.75 Å². The first kappa shape index (κ1) is 12.8. The molecule has 0 aliphatic heterocycles. The van der Waals surface area contributed by atoms with Gasteiger partial charge in [0.05, 0.1) is 7.11 Å². The van der Waals surface area contributed by atoms with Gasteiger partial charge in [-0.25, -0.2) is 4.39 Å². The highest BCUT2D eigenvalue weighted by Crippen LogP contribution is 2.29. The molecule has 0 unspecified atom stereocenters. The number of thioether (sulfide) groups is 1. The monoisotopic (exact) mass is 263 g/mol. The summed E-state index contributed by atoms with van der Waals surface area (Å²) >= 11 is 1.59. The number of nitrogens with two attached hydrogens (primary N) is 1. The van der Waals surface area contributed by atoms with E-state index in [0.29, 0.717) is 5.75 Å². The lowest BCUT2D eigenvalue weighted by atomic mass is 10.2. The highest BCUT2D eigenvalue weighted by Gasteiger charge is 2.05. The van der Waals surface area contributed by atoms with E-state index in [1.807, 2.05) is 30.3 Å². The molecule has 0 aliphatic carbocycles. The van der Waals surface area contributed by atoms with E-state index in [-0.39, 0.29) is 11.6 Å². The van der Waals surface area contributed by atoms with E-state index >= 15 is 0 Å². The molecule has 0 aliphatic rings. The van der Waals surface area contributed by atoms with Gasteiger partial charge < -0.3 is 10.5 Å². The van der Waals surface area contributed by atoms with Crippen molar-refractivity contribution in [3.8, 4) is 5.75 Å². The molecule has 4 heteroatoms. The van der Waals surface area contributed by atoms with Gasteiger partial charge in [0.15, 0.2) is 11.6 Å². The lowest BCUT2D eigenvalue weighted by molar-refractivity contribution is 0.386. The summed E-state index contributed by atoms with van der Waals surface area (Å²) in [4.78, 5) is 1.01.